The molecule has 0 atom stereocenters. The molecule has 1 heterocycles. The Labute approximate surface area is 70.7 Å². The summed E-state index contributed by atoms with van der Waals surface area (Å²) >= 11 is 0. The normalized spacial score (nSPS) is 9.08. The molecular weight excluding hydrogens is 152 g/mol. The SMILES string of the molecule is CC(=O)c1cnc(C#N)c(C)c1. The van der Waals surface area contributed by atoms with Gasteiger partial charge in [0, 0.05) is 11.8 Å². The van der Waals surface area contributed by atoms with Crippen LogP contribution in [0.25, 0.3) is 0 Å². The number of carbonyl (C=O) groups excluding carboxylic acids is 1. The van der Waals surface area contributed by atoms with E-state index < -0.39 is 0 Å². The van der Waals surface area contributed by atoms with E-state index in [1.54, 1.807) is 13.0 Å². The van der Waals surface area contributed by atoms with Crippen LogP contribution >= 0.6 is 0 Å². The maximum Gasteiger partial charge on any atom is 0.161 e. The topological polar surface area (TPSA) is 53.8 Å². The largest absolute Gasteiger partial charge is 0.294 e. The van der Waals surface area contributed by atoms with Crippen LogP contribution in [0.15, 0.2) is 12.3 Å². The number of pyridine rings is 1. The molecule has 0 fully saturated rings. The van der Waals surface area contributed by atoms with Crippen LogP contribution < -0.4 is 0 Å². The Morgan fingerprint density at radius 2 is 2.33 bits per heavy atom. The number of Topliss-reactive ketones (excluding diaryl/α,β-unsaturated/α-hetero) is 1. The van der Waals surface area contributed by atoms with Crippen LogP contribution in [-0.4, -0.2) is 10.8 Å². The average molecular weight is 160 g/mol. The second-order valence-corrected chi connectivity index (χ2v) is 2.56. The molecule has 0 unspecified atom stereocenters. The standard InChI is InChI=1S/C9H8N2O/c1-6-3-8(7(2)12)5-11-9(6)4-10/h3,5H,1-2H3. The lowest BCUT2D eigenvalue weighted by atomic mass is 10.1. The third-order valence-corrected chi connectivity index (χ3v) is 1.59. The molecule has 3 nitrogen and oxygen atoms in total. The minimum Gasteiger partial charge on any atom is -0.294 e. The van der Waals surface area contributed by atoms with Crippen molar-refractivity contribution in [2.24, 2.45) is 0 Å². The van der Waals surface area contributed by atoms with Gasteiger partial charge in [-0.05, 0) is 25.5 Å². The molecule has 1 rings (SSSR count). The molecule has 0 aromatic carbocycles. The summed E-state index contributed by atoms with van der Waals surface area (Å²) in [6, 6.07) is 3.61. The molecule has 0 bridgehead atoms. The number of ketones is 1. The predicted octanol–water partition coefficient (Wildman–Crippen LogP) is 1.46. The van der Waals surface area contributed by atoms with E-state index in [-0.39, 0.29) is 5.78 Å². The number of aryl methyl sites for hydroxylation is 1. The molecule has 1 aromatic heterocycles. The van der Waals surface area contributed by atoms with Crippen molar-refractivity contribution in [3.63, 3.8) is 0 Å². The van der Waals surface area contributed by atoms with Gasteiger partial charge in [0.1, 0.15) is 11.8 Å². The van der Waals surface area contributed by atoms with Gasteiger partial charge in [-0.15, -0.1) is 0 Å². The summed E-state index contributed by atoms with van der Waals surface area (Å²) in [5, 5.41) is 8.55. The van der Waals surface area contributed by atoms with Gasteiger partial charge in [0.2, 0.25) is 0 Å². The first kappa shape index (κ1) is 8.41. The highest BCUT2D eigenvalue weighted by Gasteiger charge is 2.03. The zero-order chi connectivity index (χ0) is 9.14. The van der Waals surface area contributed by atoms with Crippen molar-refractivity contribution in [3.05, 3.63) is 29.1 Å². The Balaban J connectivity index is 3.21. The van der Waals surface area contributed by atoms with Crippen LogP contribution in [0.1, 0.15) is 28.5 Å². The Bertz CT molecular complexity index is 363. The van der Waals surface area contributed by atoms with Gasteiger partial charge >= 0.3 is 0 Å². The summed E-state index contributed by atoms with van der Waals surface area (Å²) in [6.07, 6.45) is 1.42. The van der Waals surface area contributed by atoms with E-state index in [1.807, 2.05) is 6.07 Å². The van der Waals surface area contributed by atoms with E-state index >= 15 is 0 Å². The minimum atomic E-state index is -0.0323. The molecule has 0 spiro atoms. The van der Waals surface area contributed by atoms with Crippen molar-refractivity contribution < 1.29 is 4.79 Å². The van der Waals surface area contributed by atoms with E-state index in [0.29, 0.717) is 11.3 Å². The van der Waals surface area contributed by atoms with E-state index in [4.69, 9.17) is 5.26 Å². The fourth-order valence-corrected chi connectivity index (χ4v) is 0.884. The van der Waals surface area contributed by atoms with Crippen LogP contribution in [0.4, 0.5) is 0 Å². The second-order valence-electron chi connectivity index (χ2n) is 2.56. The number of nitrogens with zero attached hydrogens (tertiary/aromatic N) is 2. The van der Waals surface area contributed by atoms with Crippen molar-refractivity contribution >= 4 is 5.78 Å². The van der Waals surface area contributed by atoms with Crippen LogP contribution in [0.3, 0.4) is 0 Å². The Kier molecular flexibility index (Phi) is 2.20. The molecule has 3 heteroatoms. The van der Waals surface area contributed by atoms with Gasteiger partial charge < -0.3 is 0 Å². The Hall–Kier alpha value is -1.69. The summed E-state index contributed by atoms with van der Waals surface area (Å²) in [5.41, 5.74) is 1.66. The fraction of sp³-hybridized carbons (Fsp3) is 0.222. The summed E-state index contributed by atoms with van der Waals surface area (Å²) in [7, 11) is 0. The maximum absolute atomic E-state index is 10.9. The number of carbonyl (C=O) groups is 1. The first-order chi connectivity index (χ1) is 5.65. The summed E-state index contributed by atoms with van der Waals surface area (Å²) in [6.45, 7) is 3.24. The van der Waals surface area contributed by atoms with Crippen LogP contribution in [0.2, 0.25) is 0 Å². The lowest BCUT2D eigenvalue weighted by Crippen LogP contribution is -1.96. The summed E-state index contributed by atoms with van der Waals surface area (Å²) in [4.78, 5) is 14.7. The van der Waals surface area contributed by atoms with E-state index in [2.05, 4.69) is 4.98 Å². The van der Waals surface area contributed by atoms with Gasteiger partial charge in [-0.2, -0.15) is 5.26 Å². The van der Waals surface area contributed by atoms with E-state index in [9.17, 15) is 4.79 Å². The monoisotopic (exact) mass is 160 g/mol. The van der Waals surface area contributed by atoms with Gasteiger partial charge in [-0.25, -0.2) is 4.98 Å². The van der Waals surface area contributed by atoms with Crippen molar-refractivity contribution in [1.29, 1.82) is 5.26 Å². The summed E-state index contributed by atoms with van der Waals surface area (Å²) in [5.74, 6) is -0.0323. The van der Waals surface area contributed by atoms with Gasteiger partial charge in [0.15, 0.2) is 5.78 Å². The quantitative estimate of drug-likeness (QED) is 0.584. The van der Waals surface area contributed by atoms with Gasteiger partial charge in [-0.3, -0.25) is 4.79 Å². The zero-order valence-corrected chi connectivity index (χ0v) is 6.96. The molecule has 0 N–H and O–H groups in total. The fourth-order valence-electron chi connectivity index (χ4n) is 0.884. The number of nitriles is 1. The van der Waals surface area contributed by atoms with Crippen LogP contribution in [0.5, 0.6) is 0 Å². The van der Waals surface area contributed by atoms with Crippen molar-refractivity contribution in [2.45, 2.75) is 13.8 Å². The number of hydrogen-bond donors (Lipinski definition) is 0. The second kappa shape index (κ2) is 3.14. The highest BCUT2D eigenvalue weighted by atomic mass is 16.1. The first-order valence-electron chi connectivity index (χ1n) is 3.53. The number of hydrogen-bond acceptors (Lipinski definition) is 3. The smallest absolute Gasteiger partial charge is 0.161 e. The molecule has 0 aliphatic rings. The van der Waals surface area contributed by atoms with Crippen molar-refractivity contribution in [1.82, 2.24) is 4.98 Å². The predicted molar refractivity (Wildman–Crippen MR) is 43.7 cm³/mol. The molecule has 0 amide bonds. The molecule has 12 heavy (non-hydrogen) atoms. The lowest BCUT2D eigenvalue weighted by molar-refractivity contribution is 0.101. The molecular formula is C9H8N2O. The third kappa shape index (κ3) is 1.48. The molecule has 1 aromatic rings. The molecule has 60 valence electrons. The van der Waals surface area contributed by atoms with Gasteiger partial charge in [0.05, 0.1) is 0 Å². The van der Waals surface area contributed by atoms with Gasteiger partial charge in [0.25, 0.3) is 0 Å². The number of aromatic nitrogens is 1. The number of rotatable bonds is 1. The van der Waals surface area contributed by atoms with Crippen LogP contribution in [-0.2, 0) is 0 Å². The molecule has 0 saturated heterocycles. The lowest BCUT2D eigenvalue weighted by Gasteiger charge is -1.97. The van der Waals surface area contributed by atoms with Crippen LogP contribution in [0, 0.1) is 18.3 Å². The highest BCUT2D eigenvalue weighted by molar-refractivity contribution is 5.93. The first-order valence-corrected chi connectivity index (χ1v) is 3.53. The molecule has 0 saturated carbocycles. The minimum absolute atomic E-state index is 0.0323. The maximum atomic E-state index is 10.9. The molecule has 0 radical (unpaired) electrons. The summed E-state index contributed by atoms with van der Waals surface area (Å²) < 4.78 is 0. The van der Waals surface area contributed by atoms with Crippen molar-refractivity contribution in [2.75, 3.05) is 0 Å². The van der Waals surface area contributed by atoms with E-state index in [0.717, 1.165) is 5.56 Å². The molecule has 0 aliphatic heterocycles. The van der Waals surface area contributed by atoms with Crippen molar-refractivity contribution in [3.8, 4) is 6.07 Å². The Morgan fingerprint density at radius 1 is 1.67 bits per heavy atom. The molecule has 0 aliphatic carbocycles. The average Bonchev–Trinajstić information content (AvgIpc) is 2.04. The van der Waals surface area contributed by atoms with E-state index in [1.165, 1.54) is 13.1 Å². The van der Waals surface area contributed by atoms with Gasteiger partial charge in [-0.1, -0.05) is 0 Å². The Morgan fingerprint density at radius 3 is 2.75 bits per heavy atom. The highest BCUT2D eigenvalue weighted by Crippen LogP contribution is 2.06. The zero-order valence-electron chi connectivity index (χ0n) is 6.96. The third-order valence-electron chi connectivity index (χ3n) is 1.59.